The van der Waals surface area contributed by atoms with Gasteiger partial charge in [0.05, 0.1) is 0 Å². The van der Waals surface area contributed by atoms with Gasteiger partial charge in [0.2, 0.25) is 0 Å². The van der Waals surface area contributed by atoms with Crippen molar-refractivity contribution in [3.05, 3.63) is 87.9 Å². The molecule has 12 heteroatoms. The van der Waals surface area contributed by atoms with Crippen LogP contribution in [0.15, 0.2) is 48.6 Å². The summed E-state index contributed by atoms with van der Waals surface area (Å²) in [5, 5.41) is 0. The van der Waals surface area contributed by atoms with Gasteiger partial charge in [0, 0.05) is 29.7 Å². The number of H-pyrrole nitrogens is 5. The van der Waals surface area contributed by atoms with Gasteiger partial charge >= 0.3 is 17.1 Å². The first kappa shape index (κ1) is 20.1. The van der Waals surface area contributed by atoms with Gasteiger partial charge in [0.15, 0.2) is 0 Å². The molecule has 0 amide bonds. The summed E-state index contributed by atoms with van der Waals surface area (Å²) >= 11 is 0. The van der Waals surface area contributed by atoms with Crippen molar-refractivity contribution in [3.63, 3.8) is 0 Å². The van der Waals surface area contributed by atoms with Crippen LogP contribution in [-0.2, 0) is 0 Å². The highest BCUT2D eigenvalue weighted by Crippen LogP contribution is 1.82. The molecule has 26 heavy (non-hydrogen) atoms. The van der Waals surface area contributed by atoms with E-state index in [9.17, 15) is 24.0 Å². The van der Waals surface area contributed by atoms with Crippen molar-refractivity contribution < 1.29 is 0 Å². The fourth-order valence-corrected chi connectivity index (χ4v) is 1.34. The lowest BCUT2D eigenvalue weighted by molar-refractivity contribution is 1.01. The van der Waals surface area contributed by atoms with Crippen LogP contribution in [0.3, 0.4) is 0 Å². The van der Waals surface area contributed by atoms with Gasteiger partial charge in [-0.3, -0.25) is 24.5 Å². The Hall–Kier alpha value is -3.96. The number of nitrogens with two attached hydrogens (primary N) is 1. The Labute approximate surface area is 144 Å². The van der Waals surface area contributed by atoms with Gasteiger partial charge in [-0.1, -0.05) is 0 Å². The second-order valence-electron chi connectivity index (χ2n) is 4.84. The van der Waals surface area contributed by atoms with Crippen LogP contribution >= 0.6 is 0 Å². The lowest BCUT2D eigenvalue weighted by Gasteiger charge is -1.84. The van der Waals surface area contributed by atoms with Gasteiger partial charge in [-0.2, -0.15) is 0 Å². The largest absolute Gasteiger partial charge is 0.385 e. The van der Waals surface area contributed by atoms with E-state index in [0.717, 1.165) is 0 Å². The fourth-order valence-electron chi connectivity index (χ4n) is 1.34. The van der Waals surface area contributed by atoms with E-state index >= 15 is 0 Å². The molecule has 0 saturated carbocycles. The Morgan fingerprint density at radius 2 is 1.27 bits per heavy atom. The molecule has 3 aromatic heterocycles. The molecule has 3 aromatic rings. The minimum Gasteiger partial charge on any atom is -0.385 e. The highest BCUT2D eigenvalue weighted by molar-refractivity contribution is 5.22. The molecular weight excluding hydrogens is 346 g/mol. The topological polar surface area (TPSA) is 203 Å². The van der Waals surface area contributed by atoms with Crippen molar-refractivity contribution in [1.82, 2.24) is 29.9 Å². The first-order chi connectivity index (χ1) is 12.2. The smallest absolute Gasteiger partial charge is 0.346 e. The Morgan fingerprint density at radius 1 is 0.808 bits per heavy atom. The third kappa shape index (κ3) is 7.08. The third-order valence-electron chi connectivity index (χ3n) is 2.71. The number of nitrogens with one attached hydrogen (secondary N) is 5. The summed E-state index contributed by atoms with van der Waals surface area (Å²) in [6, 6.07) is 1.52. The summed E-state index contributed by atoms with van der Waals surface area (Å²) in [5.41, 5.74) is 4.17. The van der Waals surface area contributed by atoms with Crippen molar-refractivity contribution >= 4 is 5.82 Å². The molecule has 0 fully saturated rings. The number of anilines is 1. The molecular formula is C14H17N7O5. The van der Waals surface area contributed by atoms with Crippen molar-refractivity contribution in [2.45, 2.75) is 13.8 Å². The standard InChI is InChI=1S/2C5H6N2O2.C4H5N3O/c2*1-3-2-6-5(9)7-4(3)8;5-3-1-2-6-4(8)7-3/h2*2H,1H3,(H2,6,7,8,9);1-2H,(H3,5,6,7,8). The van der Waals surface area contributed by atoms with Crippen molar-refractivity contribution in [3.8, 4) is 0 Å². The molecule has 7 N–H and O–H groups in total. The molecule has 0 saturated heterocycles. The molecule has 0 aromatic carbocycles. The zero-order valence-corrected chi connectivity index (χ0v) is 13.9. The lowest BCUT2D eigenvalue weighted by atomic mass is 10.4. The maximum Gasteiger partial charge on any atom is 0.346 e. The van der Waals surface area contributed by atoms with Gasteiger partial charge < -0.3 is 15.7 Å². The zero-order chi connectivity index (χ0) is 19.7. The van der Waals surface area contributed by atoms with E-state index in [1.54, 1.807) is 13.8 Å². The van der Waals surface area contributed by atoms with Crippen LogP contribution in [-0.4, -0.2) is 29.9 Å². The number of aryl methyl sites for hydroxylation is 2. The van der Waals surface area contributed by atoms with E-state index in [1.165, 1.54) is 24.7 Å². The second-order valence-corrected chi connectivity index (χ2v) is 4.84. The van der Waals surface area contributed by atoms with Gasteiger partial charge in [-0.05, 0) is 19.9 Å². The first-order valence-corrected chi connectivity index (χ1v) is 7.07. The minimum atomic E-state index is -0.467. The molecule has 0 bridgehead atoms. The van der Waals surface area contributed by atoms with E-state index in [-0.39, 0.29) is 11.1 Å². The molecule has 0 spiro atoms. The van der Waals surface area contributed by atoms with Crippen LogP contribution in [0.2, 0.25) is 0 Å². The molecule has 3 heterocycles. The summed E-state index contributed by atoms with van der Waals surface area (Å²) in [5.74, 6) is 0.338. The minimum absolute atomic E-state index is 0.334. The SMILES string of the molecule is Cc1c[nH]c(=O)[nH]c1=O.Cc1c[nH]c(=O)[nH]c1=O.Nc1ccnc(=O)[nH]1. The molecule has 12 nitrogen and oxygen atoms in total. The summed E-state index contributed by atoms with van der Waals surface area (Å²) < 4.78 is 0. The Balaban J connectivity index is 0.000000195. The predicted molar refractivity (Wildman–Crippen MR) is 94.1 cm³/mol. The van der Waals surface area contributed by atoms with Crippen LogP contribution in [0.4, 0.5) is 5.82 Å². The highest BCUT2D eigenvalue weighted by Gasteiger charge is 1.89. The summed E-state index contributed by atoms with van der Waals surface area (Å²) in [6.07, 6.45) is 4.11. The van der Waals surface area contributed by atoms with Gasteiger partial charge in [-0.15, -0.1) is 0 Å². The number of nitrogens with zero attached hydrogens (tertiary/aromatic N) is 1. The zero-order valence-electron chi connectivity index (χ0n) is 13.9. The summed E-state index contributed by atoms with van der Waals surface area (Å²) in [6.45, 7) is 3.24. The van der Waals surface area contributed by atoms with Crippen LogP contribution in [0.1, 0.15) is 11.1 Å². The van der Waals surface area contributed by atoms with Crippen LogP contribution in [0, 0.1) is 13.8 Å². The normalized spacial score (nSPS) is 9.31. The Morgan fingerprint density at radius 3 is 1.54 bits per heavy atom. The third-order valence-corrected chi connectivity index (χ3v) is 2.71. The van der Waals surface area contributed by atoms with Crippen LogP contribution < -0.4 is 33.9 Å². The Kier molecular flexibility index (Phi) is 7.23. The summed E-state index contributed by atoms with van der Waals surface area (Å²) in [4.78, 5) is 66.5. The maximum atomic E-state index is 10.6. The highest BCUT2D eigenvalue weighted by atomic mass is 16.2. The second kappa shape index (κ2) is 9.36. The van der Waals surface area contributed by atoms with Crippen LogP contribution in [0.25, 0.3) is 0 Å². The lowest BCUT2D eigenvalue weighted by Crippen LogP contribution is -2.22. The molecule has 0 aliphatic rings. The number of nitrogen functional groups attached to an aromatic ring is 1. The van der Waals surface area contributed by atoms with E-state index in [4.69, 9.17) is 5.73 Å². The van der Waals surface area contributed by atoms with E-state index in [1.807, 2.05) is 0 Å². The number of hydrogen-bond acceptors (Lipinski definition) is 7. The van der Waals surface area contributed by atoms with Gasteiger partial charge in [0.1, 0.15) is 5.82 Å². The number of aromatic amines is 5. The molecule has 0 atom stereocenters. The summed E-state index contributed by atoms with van der Waals surface area (Å²) in [7, 11) is 0. The van der Waals surface area contributed by atoms with E-state index in [2.05, 4.69) is 29.9 Å². The molecule has 0 aliphatic heterocycles. The molecule has 0 radical (unpaired) electrons. The maximum absolute atomic E-state index is 10.6. The Bertz CT molecular complexity index is 1070. The predicted octanol–water partition coefficient (Wildman–Crippen LogP) is -1.90. The van der Waals surface area contributed by atoms with Gasteiger partial charge in [-0.25, -0.2) is 19.4 Å². The average Bonchev–Trinajstić information content (AvgIpc) is 2.56. The number of rotatable bonds is 0. The van der Waals surface area contributed by atoms with Crippen molar-refractivity contribution in [2.24, 2.45) is 0 Å². The van der Waals surface area contributed by atoms with Crippen molar-refractivity contribution in [2.75, 3.05) is 5.73 Å². The van der Waals surface area contributed by atoms with E-state index in [0.29, 0.717) is 16.9 Å². The molecule has 0 aliphatic carbocycles. The van der Waals surface area contributed by atoms with Crippen LogP contribution in [0.5, 0.6) is 0 Å². The quantitative estimate of drug-likeness (QED) is 0.267. The average molecular weight is 363 g/mol. The molecule has 0 unspecified atom stereocenters. The number of aromatic nitrogens is 6. The molecule has 3 rings (SSSR count). The monoisotopic (exact) mass is 363 g/mol. The first-order valence-electron chi connectivity index (χ1n) is 7.07. The molecule has 138 valence electrons. The van der Waals surface area contributed by atoms with Crippen molar-refractivity contribution in [1.29, 1.82) is 0 Å². The van der Waals surface area contributed by atoms with E-state index < -0.39 is 17.1 Å². The fraction of sp³-hybridized carbons (Fsp3) is 0.143. The number of hydrogen-bond donors (Lipinski definition) is 6. The van der Waals surface area contributed by atoms with Gasteiger partial charge in [0.25, 0.3) is 11.1 Å².